The molecule has 0 aliphatic rings. The maximum absolute atomic E-state index is 12.1. The van der Waals surface area contributed by atoms with Crippen molar-refractivity contribution in [3.63, 3.8) is 0 Å². The van der Waals surface area contributed by atoms with E-state index in [2.05, 4.69) is 5.32 Å². The molecule has 2 rings (SSSR count). The number of fused-ring (bicyclic) bond motifs is 1. The van der Waals surface area contributed by atoms with Crippen LogP contribution in [0.25, 0.3) is 10.9 Å². The number of pyridine rings is 1. The number of benzene rings is 1. The summed E-state index contributed by atoms with van der Waals surface area (Å²) in [5, 5.41) is 13.3. The number of para-hydroxylation sites is 1. The molecule has 0 bridgehead atoms. The van der Waals surface area contributed by atoms with Crippen LogP contribution < -0.4 is 10.9 Å². The van der Waals surface area contributed by atoms with Gasteiger partial charge in [-0.05, 0) is 24.4 Å². The molecule has 0 aliphatic carbocycles. The Morgan fingerprint density at radius 1 is 1.39 bits per heavy atom. The molecule has 1 aromatic carbocycles. The molecule has 18 heavy (non-hydrogen) atoms. The van der Waals surface area contributed by atoms with Crippen molar-refractivity contribution in [1.29, 1.82) is 0 Å². The molecule has 0 radical (unpaired) electrons. The van der Waals surface area contributed by atoms with Gasteiger partial charge in [-0.15, -0.1) is 0 Å². The van der Waals surface area contributed by atoms with E-state index in [-0.39, 0.29) is 5.56 Å². The number of aliphatic hydroxyl groups excluding tert-OH is 1. The van der Waals surface area contributed by atoms with E-state index in [0.717, 1.165) is 16.5 Å². The first kappa shape index (κ1) is 12.8. The van der Waals surface area contributed by atoms with Crippen LogP contribution in [0.15, 0.2) is 35.1 Å². The monoisotopic (exact) mass is 246 g/mol. The second-order valence-electron chi connectivity index (χ2n) is 4.57. The summed E-state index contributed by atoms with van der Waals surface area (Å²) in [6.45, 7) is 2.67. The molecular formula is C14H18N2O2. The maximum Gasteiger partial charge on any atom is 0.255 e. The van der Waals surface area contributed by atoms with Crippen molar-refractivity contribution < 1.29 is 5.11 Å². The third kappa shape index (κ3) is 2.60. The molecule has 1 unspecified atom stereocenters. The summed E-state index contributed by atoms with van der Waals surface area (Å²) in [6, 6.07) is 9.72. The lowest BCUT2D eigenvalue weighted by Crippen LogP contribution is -2.29. The molecule has 0 saturated heterocycles. The van der Waals surface area contributed by atoms with Gasteiger partial charge in [-0.1, -0.05) is 18.2 Å². The van der Waals surface area contributed by atoms with Crippen molar-refractivity contribution in [3.8, 4) is 0 Å². The Morgan fingerprint density at radius 3 is 2.83 bits per heavy atom. The average Bonchev–Trinajstić information content (AvgIpc) is 2.35. The highest BCUT2D eigenvalue weighted by molar-refractivity contribution is 5.79. The van der Waals surface area contributed by atoms with Crippen molar-refractivity contribution in [2.24, 2.45) is 7.05 Å². The van der Waals surface area contributed by atoms with E-state index < -0.39 is 6.10 Å². The first-order valence-electron chi connectivity index (χ1n) is 6.06. The third-order valence-electron chi connectivity index (χ3n) is 2.96. The fraction of sp³-hybridized carbons (Fsp3) is 0.357. The quantitative estimate of drug-likeness (QED) is 0.846. The SMILES string of the molecule is CC(O)CNCc1cc2ccccc2n(C)c1=O. The first-order chi connectivity index (χ1) is 8.59. The largest absolute Gasteiger partial charge is 0.392 e. The molecule has 2 N–H and O–H groups in total. The third-order valence-corrected chi connectivity index (χ3v) is 2.96. The zero-order valence-electron chi connectivity index (χ0n) is 10.7. The van der Waals surface area contributed by atoms with Gasteiger partial charge in [-0.25, -0.2) is 0 Å². The van der Waals surface area contributed by atoms with E-state index in [1.54, 1.807) is 18.5 Å². The number of aliphatic hydroxyl groups is 1. The van der Waals surface area contributed by atoms with Gasteiger partial charge >= 0.3 is 0 Å². The van der Waals surface area contributed by atoms with Gasteiger partial charge in [0.25, 0.3) is 5.56 Å². The second kappa shape index (κ2) is 5.33. The molecule has 0 saturated carbocycles. The highest BCUT2D eigenvalue weighted by Crippen LogP contribution is 2.12. The van der Waals surface area contributed by atoms with Gasteiger partial charge in [0.1, 0.15) is 0 Å². The van der Waals surface area contributed by atoms with E-state index in [0.29, 0.717) is 13.1 Å². The summed E-state index contributed by atoms with van der Waals surface area (Å²) in [4.78, 5) is 12.1. The van der Waals surface area contributed by atoms with Crippen LogP contribution >= 0.6 is 0 Å². The molecule has 1 atom stereocenters. The lowest BCUT2D eigenvalue weighted by atomic mass is 10.1. The molecule has 0 fully saturated rings. The fourth-order valence-electron chi connectivity index (χ4n) is 2.03. The fourth-order valence-corrected chi connectivity index (χ4v) is 2.03. The highest BCUT2D eigenvalue weighted by atomic mass is 16.3. The number of nitrogens with one attached hydrogen (secondary N) is 1. The van der Waals surface area contributed by atoms with Crippen molar-refractivity contribution in [3.05, 3.63) is 46.2 Å². The van der Waals surface area contributed by atoms with Crippen molar-refractivity contribution >= 4 is 10.9 Å². The van der Waals surface area contributed by atoms with E-state index in [4.69, 9.17) is 0 Å². The predicted octanol–water partition coefficient (Wildman–Crippen LogP) is 1.01. The Balaban J connectivity index is 2.34. The number of hydrogen-bond acceptors (Lipinski definition) is 3. The highest BCUT2D eigenvalue weighted by Gasteiger charge is 2.06. The lowest BCUT2D eigenvalue weighted by Gasteiger charge is -2.10. The number of aryl methyl sites for hydroxylation is 1. The Morgan fingerprint density at radius 2 is 2.11 bits per heavy atom. The lowest BCUT2D eigenvalue weighted by molar-refractivity contribution is 0.191. The van der Waals surface area contributed by atoms with Crippen LogP contribution in [0.1, 0.15) is 12.5 Å². The molecule has 1 aromatic heterocycles. The topological polar surface area (TPSA) is 54.3 Å². The molecule has 96 valence electrons. The van der Waals surface area contributed by atoms with E-state index in [1.807, 2.05) is 30.3 Å². The van der Waals surface area contributed by atoms with Crippen LogP contribution in [0, 0.1) is 0 Å². The van der Waals surface area contributed by atoms with E-state index in [9.17, 15) is 9.90 Å². The Bertz CT molecular complexity index is 602. The van der Waals surface area contributed by atoms with Gasteiger partial charge in [-0.3, -0.25) is 4.79 Å². The molecule has 0 aliphatic heterocycles. The molecule has 4 heteroatoms. The molecule has 0 spiro atoms. The van der Waals surface area contributed by atoms with Crippen LogP contribution in [0.5, 0.6) is 0 Å². The van der Waals surface area contributed by atoms with Crippen LogP contribution in [0.2, 0.25) is 0 Å². The molecule has 4 nitrogen and oxygen atoms in total. The molecule has 0 amide bonds. The zero-order chi connectivity index (χ0) is 13.1. The second-order valence-corrected chi connectivity index (χ2v) is 4.57. The van der Waals surface area contributed by atoms with Crippen LogP contribution in [0.3, 0.4) is 0 Å². The number of nitrogens with zero attached hydrogens (tertiary/aromatic N) is 1. The minimum Gasteiger partial charge on any atom is -0.392 e. The van der Waals surface area contributed by atoms with Crippen LogP contribution in [-0.2, 0) is 13.6 Å². The minimum absolute atomic E-state index is 0.00629. The smallest absolute Gasteiger partial charge is 0.255 e. The van der Waals surface area contributed by atoms with Crippen molar-refractivity contribution in [1.82, 2.24) is 9.88 Å². The summed E-state index contributed by atoms with van der Waals surface area (Å²) >= 11 is 0. The molecule has 1 heterocycles. The van der Waals surface area contributed by atoms with Gasteiger partial charge < -0.3 is 15.0 Å². The standard InChI is InChI=1S/C14H18N2O2/c1-10(17)8-15-9-12-7-11-5-3-4-6-13(11)16(2)14(12)18/h3-7,10,15,17H,8-9H2,1-2H3. The van der Waals surface area contributed by atoms with Gasteiger partial charge in [0, 0.05) is 25.7 Å². The van der Waals surface area contributed by atoms with E-state index >= 15 is 0 Å². The zero-order valence-corrected chi connectivity index (χ0v) is 10.7. The summed E-state index contributed by atoms with van der Waals surface area (Å²) in [7, 11) is 1.78. The van der Waals surface area contributed by atoms with Crippen molar-refractivity contribution in [2.75, 3.05) is 6.54 Å². The number of hydrogen-bond donors (Lipinski definition) is 2. The Labute approximate surface area is 106 Å². The maximum atomic E-state index is 12.1. The average molecular weight is 246 g/mol. The van der Waals surface area contributed by atoms with Gasteiger partial charge in [0.2, 0.25) is 0 Å². The first-order valence-corrected chi connectivity index (χ1v) is 6.06. The van der Waals surface area contributed by atoms with Gasteiger partial charge in [-0.2, -0.15) is 0 Å². The van der Waals surface area contributed by atoms with Crippen LogP contribution in [-0.4, -0.2) is 22.3 Å². The minimum atomic E-state index is -0.408. The predicted molar refractivity (Wildman–Crippen MR) is 72.6 cm³/mol. The van der Waals surface area contributed by atoms with E-state index in [1.165, 1.54) is 0 Å². The van der Waals surface area contributed by atoms with Gasteiger partial charge in [0.05, 0.1) is 11.6 Å². The molecular weight excluding hydrogens is 228 g/mol. The number of rotatable bonds is 4. The van der Waals surface area contributed by atoms with Crippen LogP contribution in [0.4, 0.5) is 0 Å². The molecule has 2 aromatic rings. The summed E-state index contributed by atoms with van der Waals surface area (Å²) < 4.78 is 1.66. The van der Waals surface area contributed by atoms with Crippen molar-refractivity contribution in [2.45, 2.75) is 19.6 Å². The Hall–Kier alpha value is -1.65. The normalized spacial score (nSPS) is 12.8. The summed E-state index contributed by atoms with van der Waals surface area (Å²) in [5.41, 5.74) is 1.66. The van der Waals surface area contributed by atoms with Gasteiger partial charge in [0.15, 0.2) is 0 Å². The Kier molecular flexibility index (Phi) is 3.79. The summed E-state index contributed by atoms with van der Waals surface area (Å²) in [5.74, 6) is 0. The number of aromatic nitrogens is 1. The summed E-state index contributed by atoms with van der Waals surface area (Å²) in [6.07, 6.45) is -0.408.